The number of benzene rings is 1. The molecule has 5 heteroatoms. The predicted octanol–water partition coefficient (Wildman–Crippen LogP) is 2.47. The zero-order valence-corrected chi connectivity index (χ0v) is 10.1. The van der Waals surface area contributed by atoms with E-state index in [2.05, 4.69) is 15.2 Å². The van der Waals surface area contributed by atoms with Gasteiger partial charge in [0.15, 0.2) is 0 Å². The van der Waals surface area contributed by atoms with Crippen molar-refractivity contribution in [1.82, 2.24) is 15.2 Å². The van der Waals surface area contributed by atoms with Crippen molar-refractivity contribution in [3.8, 4) is 0 Å². The zero-order chi connectivity index (χ0) is 12.4. The zero-order valence-electron chi connectivity index (χ0n) is 9.33. The molecule has 0 unspecified atom stereocenters. The molecule has 2 heterocycles. The smallest absolute Gasteiger partial charge is 0.267 e. The summed E-state index contributed by atoms with van der Waals surface area (Å²) in [5.41, 5.74) is -0.162. The molecule has 1 N–H and O–H groups in total. The number of aromatic amines is 1. The van der Waals surface area contributed by atoms with E-state index in [9.17, 15) is 4.79 Å². The van der Waals surface area contributed by atoms with E-state index < -0.39 is 0 Å². The maximum Gasteiger partial charge on any atom is 0.272 e. The highest BCUT2D eigenvalue weighted by Crippen LogP contribution is 2.29. The summed E-state index contributed by atoms with van der Waals surface area (Å²) < 4.78 is 0. The first kappa shape index (κ1) is 11.0. The normalized spacial score (nSPS) is 10.7. The third-order valence-corrected chi connectivity index (χ3v) is 3.54. The molecule has 0 radical (unpaired) electrons. The highest BCUT2D eigenvalue weighted by Gasteiger charge is 2.07. The van der Waals surface area contributed by atoms with Gasteiger partial charge in [0.2, 0.25) is 0 Å². The lowest BCUT2D eigenvalue weighted by molar-refractivity contribution is 0.927. The Morgan fingerprint density at radius 2 is 1.72 bits per heavy atom. The van der Waals surface area contributed by atoms with Crippen LogP contribution in [0.3, 0.4) is 0 Å². The Hall–Kier alpha value is -2.14. The Labute approximate surface area is 107 Å². The second-order valence-corrected chi connectivity index (χ2v) is 4.75. The number of rotatable bonds is 2. The Kier molecular flexibility index (Phi) is 2.82. The van der Waals surface area contributed by atoms with Crippen LogP contribution in [0.5, 0.6) is 0 Å². The molecule has 88 valence electrons. The van der Waals surface area contributed by atoms with Crippen LogP contribution in [0, 0.1) is 0 Å². The van der Waals surface area contributed by atoms with E-state index in [1.165, 1.54) is 11.8 Å². The summed E-state index contributed by atoms with van der Waals surface area (Å²) in [7, 11) is 0. The summed E-state index contributed by atoms with van der Waals surface area (Å²) in [4.78, 5) is 16.7. The molecule has 0 saturated carbocycles. The van der Waals surface area contributed by atoms with E-state index in [0.717, 1.165) is 15.3 Å². The SMILES string of the molecule is O=c1[nH]nc(Sc2ccncc2)c2ccccc12. The van der Waals surface area contributed by atoms with Gasteiger partial charge >= 0.3 is 0 Å². The number of aromatic nitrogens is 3. The molecule has 0 aliphatic heterocycles. The van der Waals surface area contributed by atoms with Gasteiger partial charge in [0.05, 0.1) is 5.39 Å². The standard InChI is InChI=1S/C13H9N3OS/c17-12-10-3-1-2-4-11(10)13(16-15-12)18-9-5-7-14-8-6-9/h1-8H,(H,15,17). The van der Waals surface area contributed by atoms with Gasteiger partial charge in [0.25, 0.3) is 5.56 Å². The molecule has 18 heavy (non-hydrogen) atoms. The fraction of sp³-hybridized carbons (Fsp3) is 0. The summed E-state index contributed by atoms with van der Waals surface area (Å²) in [6, 6.07) is 11.3. The number of H-pyrrole nitrogens is 1. The number of nitrogens with one attached hydrogen (secondary N) is 1. The van der Waals surface area contributed by atoms with E-state index in [1.54, 1.807) is 18.5 Å². The van der Waals surface area contributed by atoms with Gasteiger partial charge in [-0.1, -0.05) is 30.0 Å². The molecular formula is C13H9N3OS. The summed E-state index contributed by atoms with van der Waals surface area (Å²) in [6.07, 6.45) is 3.46. The topological polar surface area (TPSA) is 58.6 Å². The van der Waals surface area contributed by atoms with Gasteiger partial charge in [-0.15, -0.1) is 0 Å². The number of hydrogen-bond acceptors (Lipinski definition) is 4. The summed E-state index contributed by atoms with van der Waals surface area (Å²) >= 11 is 1.50. The fourth-order valence-corrected chi connectivity index (χ4v) is 2.55. The summed E-state index contributed by atoms with van der Waals surface area (Å²) in [5, 5.41) is 8.94. The number of nitrogens with zero attached hydrogens (tertiary/aromatic N) is 2. The molecule has 0 aliphatic carbocycles. The molecule has 1 aromatic carbocycles. The second-order valence-electron chi connectivity index (χ2n) is 3.69. The first-order valence-corrected chi connectivity index (χ1v) is 6.21. The van der Waals surface area contributed by atoms with Crippen molar-refractivity contribution in [2.75, 3.05) is 0 Å². The third-order valence-electron chi connectivity index (χ3n) is 2.53. The Balaban J connectivity index is 2.13. The van der Waals surface area contributed by atoms with Gasteiger partial charge in [-0.05, 0) is 18.2 Å². The Morgan fingerprint density at radius 3 is 2.50 bits per heavy atom. The lowest BCUT2D eigenvalue weighted by Crippen LogP contribution is -2.08. The van der Waals surface area contributed by atoms with Crippen molar-refractivity contribution < 1.29 is 0 Å². The fourth-order valence-electron chi connectivity index (χ4n) is 1.69. The monoisotopic (exact) mass is 255 g/mol. The van der Waals surface area contributed by atoms with E-state index in [-0.39, 0.29) is 5.56 Å². The van der Waals surface area contributed by atoms with Crippen molar-refractivity contribution in [3.63, 3.8) is 0 Å². The van der Waals surface area contributed by atoms with Gasteiger partial charge in [-0.3, -0.25) is 9.78 Å². The van der Waals surface area contributed by atoms with E-state index in [4.69, 9.17) is 0 Å². The van der Waals surface area contributed by atoms with Crippen LogP contribution in [-0.4, -0.2) is 15.2 Å². The van der Waals surface area contributed by atoms with Crippen LogP contribution in [0.1, 0.15) is 0 Å². The first-order chi connectivity index (χ1) is 8.84. The van der Waals surface area contributed by atoms with Gasteiger partial charge < -0.3 is 0 Å². The van der Waals surface area contributed by atoms with Crippen LogP contribution < -0.4 is 5.56 Å². The van der Waals surface area contributed by atoms with Gasteiger partial charge in [-0.25, -0.2) is 5.10 Å². The van der Waals surface area contributed by atoms with E-state index in [0.29, 0.717) is 5.39 Å². The Bertz CT molecular complexity index is 740. The molecule has 0 atom stereocenters. The summed E-state index contributed by atoms with van der Waals surface area (Å²) in [6.45, 7) is 0. The highest BCUT2D eigenvalue weighted by molar-refractivity contribution is 7.99. The molecule has 0 spiro atoms. The average Bonchev–Trinajstić information content (AvgIpc) is 2.44. The molecule has 3 aromatic rings. The molecule has 0 amide bonds. The Morgan fingerprint density at radius 1 is 1.00 bits per heavy atom. The van der Waals surface area contributed by atoms with Crippen molar-refractivity contribution in [2.45, 2.75) is 9.92 Å². The quantitative estimate of drug-likeness (QED) is 0.764. The van der Waals surface area contributed by atoms with Crippen LogP contribution in [0.2, 0.25) is 0 Å². The largest absolute Gasteiger partial charge is 0.272 e. The predicted molar refractivity (Wildman–Crippen MR) is 70.7 cm³/mol. The number of fused-ring (bicyclic) bond motifs is 1. The molecule has 4 nitrogen and oxygen atoms in total. The number of hydrogen-bond donors (Lipinski definition) is 1. The van der Waals surface area contributed by atoms with Gasteiger partial charge in [-0.2, -0.15) is 5.10 Å². The molecule has 2 aromatic heterocycles. The lowest BCUT2D eigenvalue weighted by Gasteiger charge is -2.03. The van der Waals surface area contributed by atoms with Crippen molar-refractivity contribution in [1.29, 1.82) is 0 Å². The van der Waals surface area contributed by atoms with E-state index in [1.807, 2.05) is 30.3 Å². The van der Waals surface area contributed by atoms with Crippen LogP contribution >= 0.6 is 11.8 Å². The van der Waals surface area contributed by atoms with Crippen molar-refractivity contribution in [3.05, 3.63) is 59.1 Å². The maximum absolute atomic E-state index is 11.6. The van der Waals surface area contributed by atoms with Crippen LogP contribution in [-0.2, 0) is 0 Å². The maximum atomic E-state index is 11.6. The summed E-state index contributed by atoms with van der Waals surface area (Å²) in [5.74, 6) is 0. The molecular weight excluding hydrogens is 246 g/mol. The van der Waals surface area contributed by atoms with Crippen LogP contribution in [0.4, 0.5) is 0 Å². The first-order valence-electron chi connectivity index (χ1n) is 5.40. The van der Waals surface area contributed by atoms with Crippen LogP contribution in [0.15, 0.2) is 63.5 Å². The minimum absolute atomic E-state index is 0.162. The molecule has 0 aliphatic rings. The van der Waals surface area contributed by atoms with Gasteiger partial charge in [0.1, 0.15) is 5.03 Å². The van der Waals surface area contributed by atoms with Crippen molar-refractivity contribution >= 4 is 22.5 Å². The molecule has 0 saturated heterocycles. The van der Waals surface area contributed by atoms with Crippen LogP contribution in [0.25, 0.3) is 10.8 Å². The van der Waals surface area contributed by atoms with Crippen molar-refractivity contribution in [2.24, 2.45) is 0 Å². The molecule has 0 bridgehead atoms. The second kappa shape index (κ2) is 4.62. The molecule has 3 rings (SSSR count). The highest BCUT2D eigenvalue weighted by atomic mass is 32.2. The van der Waals surface area contributed by atoms with E-state index >= 15 is 0 Å². The van der Waals surface area contributed by atoms with Gasteiger partial charge in [0, 0.05) is 22.7 Å². The third kappa shape index (κ3) is 2.00. The minimum Gasteiger partial charge on any atom is -0.267 e. The molecule has 0 fully saturated rings. The number of pyridine rings is 1. The minimum atomic E-state index is -0.162. The average molecular weight is 255 g/mol. The lowest BCUT2D eigenvalue weighted by atomic mass is 10.2.